The predicted octanol–water partition coefficient (Wildman–Crippen LogP) is 13.6. The highest BCUT2D eigenvalue weighted by Crippen LogP contribution is 2.46. The van der Waals surface area contributed by atoms with Gasteiger partial charge < -0.3 is 4.57 Å². The first kappa shape index (κ1) is 32.7. The molecule has 0 aliphatic heterocycles. The SMILES string of the molecule is c1ccc(-c2nc(-c3ccccc3)nc(-c3cccc(-n4c5cc(-c6ccccc6)c6ccccc6c5c5c6ccccc6c(-c6ccccc6)cc54)c3)n2)cc1. The van der Waals surface area contributed by atoms with Crippen molar-refractivity contribution in [2.75, 3.05) is 0 Å². The zero-order valence-electron chi connectivity index (χ0n) is 30.9. The average molecular weight is 727 g/mol. The van der Waals surface area contributed by atoms with Crippen molar-refractivity contribution in [2.45, 2.75) is 0 Å². The summed E-state index contributed by atoms with van der Waals surface area (Å²) in [6.45, 7) is 0. The number of benzene rings is 9. The Hall–Kier alpha value is -7.69. The Labute approximate surface area is 330 Å². The zero-order chi connectivity index (χ0) is 37.7. The van der Waals surface area contributed by atoms with E-state index < -0.39 is 0 Å². The normalized spacial score (nSPS) is 11.5. The van der Waals surface area contributed by atoms with Gasteiger partial charge in [0.25, 0.3) is 0 Å². The Morgan fingerprint density at radius 2 is 0.632 bits per heavy atom. The molecular weight excluding hydrogens is 693 g/mol. The molecule has 9 aromatic carbocycles. The van der Waals surface area contributed by atoms with E-state index >= 15 is 0 Å². The van der Waals surface area contributed by atoms with Gasteiger partial charge in [0.05, 0.1) is 11.0 Å². The third kappa shape index (κ3) is 5.58. The van der Waals surface area contributed by atoms with Gasteiger partial charge in [-0.1, -0.05) is 182 Å². The Balaban J connectivity index is 1.24. The summed E-state index contributed by atoms with van der Waals surface area (Å²) < 4.78 is 2.45. The van der Waals surface area contributed by atoms with Crippen LogP contribution in [0.25, 0.3) is 105 Å². The van der Waals surface area contributed by atoms with Crippen LogP contribution >= 0.6 is 0 Å². The van der Waals surface area contributed by atoms with E-state index in [1.54, 1.807) is 0 Å². The molecule has 0 amide bonds. The zero-order valence-corrected chi connectivity index (χ0v) is 30.9. The van der Waals surface area contributed by atoms with Crippen LogP contribution in [0.1, 0.15) is 0 Å². The molecule has 0 fully saturated rings. The summed E-state index contributed by atoms with van der Waals surface area (Å²) in [6.07, 6.45) is 0. The van der Waals surface area contributed by atoms with Crippen LogP contribution in [0.4, 0.5) is 0 Å². The van der Waals surface area contributed by atoms with E-state index in [2.05, 4.69) is 150 Å². The van der Waals surface area contributed by atoms with Gasteiger partial charge in [-0.05, 0) is 68.1 Å². The number of rotatable bonds is 6. The van der Waals surface area contributed by atoms with Crippen molar-refractivity contribution in [1.29, 1.82) is 0 Å². The minimum Gasteiger partial charge on any atom is -0.309 e. The number of fused-ring (bicyclic) bond motifs is 7. The van der Waals surface area contributed by atoms with Crippen molar-refractivity contribution in [1.82, 2.24) is 19.5 Å². The highest BCUT2D eigenvalue weighted by Gasteiger charge is 2.22. The minimum atomic E-state index is 0.621. The van der Waals surface area contributed by atoms with E-state index in [1.165, 1.54) is 54.6 Å². The number of hydrogen-bond donors (Lipinski definition) is 0. The van der Waals surface area contributed by atoms with Crippen molar-refractivity contribution < 1.29 is 0 Å². The van der Waals surface area contributed by atoms with Crippen LogP contribution in [0.3, 0.4) is 0 Å². The second kappa shape index (κ2) is 13.6. The van der Waals surface area contributed by atoms with E-state index in [0.717, 1.165) is 33.4 Å². The first-order valence-electron chi connectivity index (χ1n) is 19.3. The maximum atomic E-state index is 5.10. The van der Waals surface area contributed by atoms with E-state index in [1.807, 2.05) is 60.7 Å². The lowest BCUT2D eigenvalue weighted by Crippen LogP contribution is -2.01. The van der Waals surface area contributed by atoms with Gasteiger partial charge in [-0.3, -0.25) is 0 Å². The van der Waals surface area contributed by atoms with Crippen molar-refractivity contribution in [2.24, 2.45) is 0 Å². The molecule has 0 bridgehead atoms. The van der Waals surface area contributed by atoms with Crippen molar-refractivity contribution in [3.63, 3.8) is 0 Å². The van der Waals surface area contributed by atoms with Gasteiger partial charge in [-0.25, -0.2) is 15.0 Å². The molecule has 57 heavy (non-hydrogen) atoms. The van der Waals surface area contributed by atoms with Crippen molar-refractivity contribution in [3.05, 3.63) is 206 Å². The summed E-state index contributed by atoms with van der Waals surface area (Å²) in [5.74, 6) is 1.90. The molecule has 2 aromatic heterocycles. The maximum absolute atomic E-state index is 5.10. The predicted molar refractivity (Wildman–Crippen MR) is 236 cm³/mol. The number of hydrogen-bond acceptors (Lipinski definition) is 3. The summed E-state index contributed by atoms with van der Waals surface area (Å²) >= 11 is 0. The van der Waals surface area contributed by atoms with E-state index in [9.17, 15) is 0 Å². The fourth-order valence-electron chi connectivity index (χ4n) is 8.44. The molecule has 0 aliphatic carbocycles. The van der Waals surface area contributed by atoms with Gasteiger partial charge in [0, 0.05) is 33.2 Å². The van der Waals surface area contributed by atoms with Gasteiger partial charge in [-0.15, -0.1) is 0 Å². The third-order valence-corrected chi connectivity index (χ3v) is 11.0. The molecule has 11 aromatic rings. The Morgan fingerprint density at radius 3 is 1.07 bits per heavy atom. The Morgan fingerprint density at radius 1 is 0.281 bits per heavy atom. The molecule has 0 aliphatic rings. The van der Waals surface area contributed by atoms with E-state index in [4.69, 9.17) is 15.0 Å². The van der Waals surface area contributed by atoms with Gasteiger partial charge >= 0.3 is 0 Å². The molecule has 0 saturated heterocycles. The monoisotopic (exact) mass is 726 g/mol. The largest absolute Gasteiger partial charge is 0.309 e. The molecule has 2 heterocycles. The van der Waals surface area contributed by atoms with Crippen LogP contribution < -0.4 is 0 Å². The Kier molecular flexibility index (Phi) is 7.78. The van der Waals surface area contributed by atoms with Crippen molar-refractivity contribution in [3.8, 4) is 62.1 Å². The fraction of sp³-hybridized carbons (Fsp3) is 0. The van der Waals surface area contributed by atoms with Crippen LogP contribution in [0.15, 0.2) is 206 Å². The molecule has 266 valence electrons. The van der Waals surface area contributed by atoms with Crippen molar-refractivity contribution >= 4 is 43.4 Å². The first-order valence-corrected chi connectivity index (χ1v) is 19.3. The third-order valence-electron chi connectivity index (χ3n) is 11.0. The number of aromatic nitrogens is 4. The summed E-state index contributed by atoms with van der Waals surface area (Å²) in [6, 6.07) is 72.9. The Bertz CT molecular complexity index is 3070. The quantitative estimate of drug-likeness (QED) is 0.171. The topological polar surface area (TPSA) is 43.6 Å². The molecule has 0 atom stereocenters. The summed E-state index contributed by atoms with van der Waals surface area (Å²) in [7, 11) is 0. The molecule has 0 spiro atoms. The molecular formula is C53H34N4. The molecule has 0 radical (unpaired) electrons. The maximum Gasteiger partial charge on any atom is 0.164 e. The van der Waals surface area contributed by atoms with Crippen LogP contribution in [0, 0.1) is 0 Å². The highest BCUT2D eigenvalue weighted by molar-refractivity contribution is 6.31. The summed E-state index contributed by atoms with van der Waals surface area (Å²) in [4.78, 5) is 15.2. The second-order valence-electron chi connectivity index (χ2n) is 14.4. The molecule has 0 N–H and O–H groups in total. The number of nitrogens with zero attached hydrogens (tertiary/aromatic N) is 4. The van der Waals surface area contributed by atoms with E-state index in [-0.39, 0.29) is 0 Å². The minimum absolute atomic E-state index is 0.621. The van der Waals surface area contributed by atoms with Gasteiger partial charge in [0.15, 0.2) is 17.5 Å². The average Bonchev–Trinajstić information content (AvgIpc) is 3.64. The van der Waals surface area contributed by atoms with Gasteiger partial charge in [-0.2, -0.15) is 0 Å². The van der Waals surface area contributed by atoms with Crippen LogP contribution in [0.5, 0.6) is 0 Å². The molecule has 4 nitrogen and oxygen atoms in total. The lowest BCUT2D eigenvalue weighted by Gasteiger charge is -2.14. The van der Waals surface area contributed by atoms with Gasteiger partial charge in [0.1, 0.15) is 0 Å². The lowest BCUT2D eigenvalue weighted by atomic mass is 9.92. The second-order valence-corrected chi connectivity index (χ2v) is 14.4. The molecule has 11 rings (SSSR count). The van der Waals surface area contributed by atoms with Crippen LogP contribution in [-0.4, -0.2) is 19.5 Å². The fourth-order valence-corrected chi connectivity index (χ4v) is 8.44. The molecule has 0 saturated carbocycles. The van der Waals surface area contributed by atoms with Gasteiger partial charge in [0.2, 0.25) is 0 Å². The summed E-state index contributed by atoms with van der Waals surface area (Å²) in [5, 5.41) is 7.38. The highest BCUT2D eigenvalue weighted by atomic mass is 15.0. The lowest BCUT2D eigenvalue weighted by molar-refractivity contribution is 1.07. The van der Waals surface area contributed by atoms with Crippen LogP contribution in [-0.2, 0) is 0 Å². The molecule has 4 heteroatoms. The standard InChI is InChI=1S/C53H34N4/c1-5-18-35(19-6-1)45-33-47-49(43-30-15-13-28-41(43)45)50-44-31-16-14-29-42(44)46(36-20-7-2-8-21-36)34-48(50)57(47)40-27-17-26-39(32-40)53-55-51(37-22-9-3-10-23-37)54-52(56-53)38-24-11-4-12-25-38/h1-34H. The molecule has 0 unspecified atom stereocenters. The smallest absolute Gasteiger partial charge is 0.164 e. The van der Waals surface area contributed by atoms with Crippen LogP contribution in [0.2, 0.25) is 0 Å². The summed E-state index contributed by atoms with van der Waals surface area (Å²) in [5.41, 5.74) is 10.9. The first-order chi connectivity index (χ1) is 28.3. The van der Waals surface area contributed by atoms with E-state index in [0.29, 0.717) is 17.5 Å².